The Kier molecular flexibility index (Phi) is 7.17. The van der Waals surface area contributed by atoms with Gasteiger partial charge in [-0.15, -0.1) is 5.06 Å². The van der Waals surface area contributed by atoms with Crippen LogP contribution in [0.4, 0.5) is 4.39 Å². The van der Waals surface area contributed by atoms with E-state index in [4.69, 9.17) is 14.3 Å². The zero-order chi connectivity index (χ0) is 22.5. The van der Waals surface area contributed by atoms with Crippen molar-refractivity contribution in [2.24, 2.45) is 5.92 Å². The Bertz CT molecular complexity index is 947. The predicted molar refractivity (Wildman–Crippen MR) is 115 cm³/mol. The highest BCUT2D eigenvalue weighted by molar-refractivity contribution is 5.90. The van der Waals surface area contributed by atoms with Crippen LogP contribution in [-0.4, -0.2) is 42.9 Å². The maximum Gasteiger partial charge on any atom is 0.357 e. The third kappa shape index (κ3) is 5.53. The molecule has 0 aromatic heterocycles. The highest BCUT2D eigenvalue weighted by atomic mass is 19.1. The first kappa shape index (κ1) is 22.4. The van der Waals surface area contributed by atoms with Crippen molar-refractivity contribution >= 4 is 11.9 Å². The molecule has 0 spiro atoms. The molecule has 0 amide bonds. The van der Waals surface area contributed by atoms with Gasteiger partial charge in [0.2, 0.25) is 0 Å². The van der Waals surface area contributed by atoms with E-state index in [1.54, 1.807) is 42.3 Å². The lowest BCUT2D eigenvalue weighted by molar-refractivity contribution is -0.174. The summed E-state index contributed by atoms with van der Waals surface area (Å²) in [4.78, 5) is 30.3. The summed E-state index contributed by atoms with van der Waals surface area (Å²) in [6.07, 6.45) is 3.69. The Morgan fingerprint density at radius 1 is 1.06 bits per heavy atom. The second-order valence-electron chi connectivity index (χ2n) is 8.28. The van der Waals surface area contributed by atoms with E-state index in [-0.39, 0.29) is 24.3 Å². The van der Waals surface area contributed by atoms with Crippen molar-refractivity contribution in [2.45, 2.75) is 44.8 Å². The summed E-state index contributed by atoms with van der Waals surface area (Å²) in [5.74, 6) is -1.17. The number of hydroxylamine groups is 2. The minimum Gasteiger partial charge on any atom is -0.462 e. The number of esters is 1. The van der Waals surface area contributed by atoms with Crippen LogP contribution in [0.2, 0.25) is 0 Å². The molecule has 6 nitrogen and oxygen atoms in total. The van der Waals surface area contributed by atoms with Gasteiger partial charge in [-0.25, -0.2) is 14.0 Å². The maximum absolute atomic E-state index is 14.7. The van der Waals surface area contributed by atoms with Gasteiger partial charge in [0.25, 0.3) is 0 Å². The molecule has 0 bridgehead atoms. The van der Waals surface area contributed by atoms with Crippen LogP contribution < -0.4 is 0 Å². The molecular formula is C25H28FNO5. The normalized spacial score (nSPS) is 21.2. The van der Waals surface area contributed by atoms with E-state index in [0.717, 1.165) is 6.61 Å². The lowest BCUT2D eigenvalue weighted by Crippen LogP contribution is -2.41. The third-order valence-corrected chi connectivity index (χ3v) is 5.85. The molecular weight excluding hydrogens is 413 g/mol. The van der Waals surface area contributed by atoms with Crippen molar-refractivity contribution in [1.29, 1.82) is 0 Å². The molecule has 7 heteroatoms. The number of rotatable bonds is 8. The van der Waals surface area contributed by atoms with Crippen molar-refractivity contribution in [3.63, 3.8) is 0 Å². The SMILES string of the molecule is CCOC(=O)c1ccc([C@@H]2CC(OCC3CC3)CCN2OC(=O)c2ccccc2)cc1F. The van der Waals surface area contributed by atoms with E-state index in [0.29, 0.717) is 36.4 Å². The number of halogens is 1. The van der Waals surface area contributed by atoms with Gasteiger partial charge in [-0.05, 0) is 68.4 Å². The molecule has 170 valence electrons. The lowest BCUT2D eigenvalue weighted by atomic mass is 9.94. The molecule has 2 aliphatic rings. The first-order valence-corrected chi connectivity index (χ1v) is 11.2. The number of carbonyl (C=O) groups excluding carboxylic acids is 2. The topological polar surface area (TPSA) is 65.1 Å². The van der Waals surface area contributed by atoms with Gasteiger partial charge < -0.3 is 14.3 Å². The largest absolute Gasteiger partial charge is 0.462 e. The summed E-state index contributed by atoms with van der Waals surface area (Å²) in [5, 5.41) is 1.60. The van der Waals surface area contributed by atoms with Crippen molar-refractivity contribution < 1.29 is 28.3 Å². The molecule has 1 aliphatic heterocycles. The van der Waals surface area contributed by atoms with Crippen molar-refractivity contribution in [3.05, 3.63) is 71.0 Å². The minimum absolute atomic E-state index is 0.0000664. The zero-order valence-electron chi connectivity index (χ0n) is 18.2. The van der Waals surface area contributed by atoms with E-state index in [1.165, 1.54) is 25.0 Å². The Labute approximate surface area is 187 Å². The van der Waals surface area contributed by atoms with Crippen LogP contribution >= 0.6 is 0 Å². The van der Waals surface area contributed by atoms with Crippen molar-refractivity contribution in [3.8, 4) is 0 Å². The van der Waals surface area contributed by atoms with E-state index < -0.39 is 17.8 Å². The molecule has 2 aromatic carbocycles. The molecule has 2 aromatic rings. The van der Waals surface area contributed by atoms with E-state index in [1.807, 2.05) is 6.07 Å². The Morgan fingerprint density at radius 3 is 2.53 bits per heavy atom. The van der Waals surface area contributed by atoms with Crippen LogP contribution in [0.25, 0.3) is 0 Å². The summed E-state index contributed by atoms with van der Waals surface area (Å²) in [6.45, 7) is 3.05. The number of hydrogen-bond donors (Lipinski definition) is 0. The second-order valence-corrected chi connectivity index (χ2v) is 8.28. The molecule has 2 fully saturated rings. The molecule has 1 aliphatic carbocycles. The van der Waals surface area contributed by atoms with Crippen LogP contribution in [0.15, 0.2) is 48.5 Å². The molecule has 0 radical (unpaired) electrons. The van der Waals surface area contributed by atoms with E-state index >= 15 is 0 Å². The zero-order valence-corrected chi connectivity index (χ0v) is 18.2. The molecule has 2 atom stereocenters. The van der Waals surface area contributed by atoms with Gasteiger partial charge in [0, 0.05) is 13.2 Å². The van der Waals surface area contributed by atoms with E-state index in [2.05, 4.69) is 0 Å². The smallest absolute Gasteiger partial charge is 0.357 e. The molecule has 1 saturated carbocycles. The first-order chi connectivity index (χ1) is 15.5. The lowest BCUT2D eigenvalue weighted by Gasteiger charge is -2.38. The van der Waals surface area contributed by atoms with Gasteiger partial charge in [-0.2, -0.15) is 0 Å². The van der Waals surface area contributed by atoms with Gasteiger partial charge >= 0.3 is 11.9 Å². The number of hydrogen-bond acceptors (Lipinski definition) is 6. The summed E-state index contributed by atoms with van der Waals surface area (Å²) in [5.41, 5.74) is 0.958. The molecule has 1 saturated heterocycles. The van der Waals surface area contributed by atoms with Gasteiger partial charge in [-0.3, -0.25) is 0 Å². The molecule has 32 heavy (non-hydrogen) atoms. The number of benzene rings is 2. The summed E-state index contributed by atoms with van der Waals surface area (Å²) < 4.78 is 25.7. The fourth-order valence-electron chi connectivity index (χ4n) is 3.88. The maximum atomic E-state index is 14.7. The highest BCUT2D eigenvalue weighted by Crippen LogP contribution is 2.36. The fourth-order valence-corrected chi connectivity index (χ4v) is 3.88. The first-order valence-electron chi connectivity index (χ1n) is 11.2. The van der Waals surface area contributed by atoms with Gasteiger partial charge in [-0.1, -0.05) is 24.3 Å². The van der Waals surface area contributed by atoms with Crippen LogP contribution in [0.5, 0.6) is 0 Å². The Morgan fingerprint density at radius 2 is 1.84 bits per heavy atom. The van der Waals surface area contributed by atoms with Crippen LogP contribution in [-0.2, 0) is 14.3 Å². The highest BCUT2D eigenvalue weighted by Gasteiger charge is 2.35. The van der Waals surface area contributed by atoms with Crippen molar-refractivity contribution in [2.75, 3.05) is 19.8 Å². The molecule has 4 rings (SSSR count). The van der Waals surface area contributed by atoms with E-state index in [9.17, 15) is 14.0 Å². The van der Waals surface area contributed by atoms with Crippen LogP contribution in [0.1, 0.15) is 64.9 Å². The summed E-state index contributed by atoms with van der Waals surface area (Å²) in [6, 6.07) is 12.8. The average Bonchev–Trinajstić information content (AvgIpc) is 3.63. The Balaban J connectivity index is 1.53. The standard InChI is InChI=1S/C25H28FNO5/c1-2-30-25(29)21-11-10-19(14-22(21)26)23-15-20(31-16-17-8-9-17)12-13-27(23)32-24(28)18-6-4-3-5-7-18/h3-7,10-11,14,17,20,23H,2,8-9,12-13,15-16H2,1H3/t20?,23-/m0/s1. The Hall–Kier alpha value is -2.77. The fraction of sp³-hybridized carbons (Fsp3) is 0.440. The van der Waals surface area contributed by atoms with Crippen molar-refractivity contribution in [1.82, 2.24) is 5.06 Å². The number of nitrogens with zero attached hydrogens (tertiary/aromatic N) is 1. The minimum atomic E-state index is -0.696. The quantitative estimate of drug-likeness (QED) is 0.553. The number of piperidine rings is 1. The second kappa shape index (κ2) is 10.2. The van der Waals surface area contributed by atoms with Gasteiger partial charge in [0.05, 0.1) is 29.9 Å². The third-order valence-electron chi connectivity index (χ3n) is 5.85. The molecule has 1 unspecified atom stereocenters. The van der Waals surface area contributed by atoms with Crippen LogP contribution in [0, 0.1) is 11.7 Å². The van der Waals surface area contributed by atoms with Gasteiger partial charge in [0.15, 0.2) is 0 Å². The summed E-state index contributed by atoms with van der Waals surface area (Å²) in [7, 11) is 0. The number of carbonyl (C=O) groups is 2. The average molecular weight is 441 g/mol. The predicted octanol–water partition coefficient (Wildman–Crippen LogP) is 4.71. The summed E-state index contributed by atoms with van der Waals surface area (Å²) >= 11 is 0. The van der Waals surface area contributed by atoms with Gasteiger partial charge in [0.1, 0.15) is 5.82 Å². The molecule has 0 N–H and O–H groups in total. The monoisotopic (exact) mass is 441 g/mol. The van der Waals surface area contributed by atoms with Crippen LogP contribution in [0.3, 0.4) is 0 Å². The number of ether oxygens (including phenoxy) is 2. The molecule has 1 heterocycles.